The first kappa shape index (κ1) is 10.7. The van der Waals surface area contributed by atoms with Crippen LogP contribution in [-0.2, 0) is 0 Å². The fourth-order valence-electron chi connectivity index (χ4n) is 2.12. The van der Waals surface area contributed by atoms with E-state index in [1.54, 1.807) is 0 Å². The minimum atomic E-state index is 0.0714. The lowest BCUT2D eigenvalue weighted by atomic mass is 10.1. The quantitative estimate of drug-likeness (QED) is 0.471. The zero-order chi connectivity index (χ0) is 10.7. The van der Waals surface area contributed by atoms with Crippen LogP contribution in [0.4, 0.5) is 0 Å². The van der Waals surface area contributed by atoms with Crippen LogP contribution in [0.1, 0.15) is 38.5 Å². The van der Waals surface area contributed by atoms with Crippen LogP contribution in [0.15, 0.2) is 4.99 Å². The van der Waals surface area contributed by atoms with Crippen molar-refractivity contribution in [3.05, 3.63) is 0 Å². The van der Waals surface area contributed by atoms with E-state index in [2.05, 4.69) is 10.3 Å². The van der Waals surface area contributed by atoms with Crippen LogP contribution >= 0.6 is 0 Å². The molecule has 0 aromatic rings. The monoisotopic (exact) mass is 211 g/mol. The summed E-state index contributed by atoms with van der Waals surface area (Å²) in [6.45, 7) is 0.919. The van der Waals surface area contributed by atoms with Gasteiger partial charge < -0.3 is 16.2 Å². The summed E-state index contributed by atoms with van der Waals surface area (Å²) in [7, 11) is 0. The highest BCUT2D eigenvalue weighted by molar-refractivity contribution is 5.78. The molecule has 2 aliphatic rings. The van der Waals surface area contributed by atoms with Gasteiger partial charge in [-0.2, -0.15) is 0 Å². The molecule has 2 aliphatic carbocycles. The Hall–Kier alpha value is -0.770. The fraction of sp³-hybridized carbons (Fsp3) is 0.909. The van der Waals surface area contributed by atoms with Gasteiger partial charge >= 0.3 is 0 Å². The van der Waals surface area contributed by atoms with Gasteiger partial charge in [-0.05, 0) is 25.7 Å². The highest BCUT2D eigenvalue weighted by atomic mass is 16.3. The van der Waals surface area contributed by atoms with Gasteiger partial charge in [-0.15, -0.1) is 0 Å². The third kappa shape index (κ3) is 2.84. The Kier molecular flexibility index (Phi) is 3.14. The van der Waals surface area contributed by atoms with Crippen molar-refractivity contribution in [3.63, 3.8) is 0 Å². The van der Waals surface area contributed by atoms with E-state index >= 15 is 0 Å². The van der Waals surface area contributed by atoms with E-state index in [1.165, 1.54) is 25.7 Å². The molecule has 0 aliphatic heterocycles. The molecule has 0 spiro atoms. The molecule has 0 unspecified atom stereocenters. The van der Waals surface area contributed by atoms with Crippen LogP contribution in [0.2, 0.25) is 0 Å². The van der Waals surface area contributed by atoms with E-state index in [9.17, 15) is 0 Å². The summed E-state index contributed by atoms with van der Waals surface area (Å²) in [6.07, 6.45) is 7.19. The number of aliphatic hydroxyl groups excluding tert-OH is 1. The highest BCUT2D eigenvalue weighted by Gasteiger charge is 2.41. The summed E-state index contributed by atoms with van der Waals surface area (Å²) in [5.74, 6) is 0.557. The largest absolute Gasteiger partial charge is 0.396 e. The normalized spacial score (nSPS) is 25.5. The van der Waals surface area contributed by atoms with E-state index in [-0.39, 0.29) is 12.0 Å². The maximum absolute atomic E-state index is 9.12. The molecule has 0 bridgehead atoms. The molecule has 0 heterocycles. The van der Waals surface area contributed by atoms with Crippen molar-refractivity contribution in [2.75, 3.05) is 13.2 Å². The van der Waals surface area contributed by atoms with Crippen LogP contribution in [0.25, 0.3) is 0 Å². The Balaban J connectivity index is 1.74. The number of guanidine groups is 1. The Morgan fingerprint density at radius 2 is 2.07 bits per heavy atom. The molecule has 2 saturated carbocycles. The van der Waals surface area contributed by atoms with Crippen LogP contribution in [0.5, 0.6) is 0 Å². The van der Waals surface area contributed by atoms with Gasteiger partial charge in [-0.1, -0.05) is 12.8 Å². The lowest BCUT2D eigenvalue weighted by Crippen LogP contribution is -2.39. The van der Waals surface area contributed by atoms with Gasteiger partial charge in [0.2, 0.25) is 0 Å². The summed E-state index contributed by atoms with van der Waals surface area (Å²) in [6, 6.07) is 0.526. The molecule has 0 atom stereocenters. The van der Waals surface area contributed by atoms with Gasteiger partial charge in [0.25, 0.3) is 0 Å². The molecule has 0 aromatic carbocycles. The minimum Gasteiger partial charge on any atom is -0.396 e. The van der Waals surface area contributed by atoms with Crippen LogP contribution in [-0.4, -0.2) is 30.3 Å². The molecule has 2 rings (SSSR count). The number of hydrogen-bond donors (Lipinski definition) is 3. The van der Waals surface area contributed by atoms with Gasteiger partial charge in [0.05, 0.1) is 13.2 Å². The van der Waals surface area contributed by atoms with Gasteiger partial charge in [-0.3, -0.25) is 4.99 Å². The van der Waals surface area contributed by atoms with Crippen molar-refractivity contribution in [1.82, 2.24) is 5.32 Å². The Morgan fingerprint density at radius 3 is 2.60 bits per heavy atom. The first-order valence-electron chi connectivity index (χ1n) is 5.91. The highest BCUT2D eigenvalue weighted by Crippen LogP contribution is 2.45. The van der Waals surface area contributed by atoms with Crippen LogP contribution < -0.4 is 11.1 Å². The maximum Gasteiger partial charge on any atom is 0.188 e. The Labute approximate surface area is 91.0 Å². The molecule has 0 amide bonds. The maximum atomic E-state index is 9.12. The topological polar surface area (TPSA) is 70.6 Å². The van der Waals surface area contributed by atoms with Crippen molar-refractivity contribution < 1.29 is 5.11 Å². The van der Waals surface area contributed by atoms with Gasteiger partial charge in [0, 0.05) is 11.5 Å². The summed E-state index contributed by atoms with van der Waals surface area (Å²) in [4.78, 5) is 4.32. The molecule has 4 N–H and O–H groups in total. The van der Waals surface area contributed by atoms with Gasteiger partial charge in [0.1, 0.15) is 0 Å². The number of hydrogen-bond acceptors (Lipinski definition) is 2. The number of rotatable bonds is 4. The van der Waals surface area contributed by atoms with E-state index < -0.39 is 0 Å². The third-order valence-electron chi connectivity index (χ3n) is 3.58. The average Bonchev–Trinajstić information content (AvgIpc) is 2.86. The smallest absolute Gasteiger partial charge is 0.188 e. The first-order valence-corrected chi connectivity index (χ1v) is 5.91. The third-order valence-corrected chi connectivity index (χ3v) is 3.58. The Bertz CT molecular complexity index is 242. The molecule has 0 saturated heterocycles. The molecule has 15 heavy (non-hydrogen) atoms. The summed E-state index contributed by atoms with van der Waals surface area (Å²) in [5, 5.41) is 12.4. The summed E-state index contributed by atoms with van der Waals surface area (Å²) >= 11 is 0. The van der Waals surface area contributed by atoms with Crippen molar-refractivity contribution in [2.45, 2.75) is 44.6 Å². The van der Waals surface area contributed by atoms with E-state index in [4.69, 9.17) is 10.8 Å². The molecule has 2 fully saturated rings. The number of nitrogens with zero attached hydrogens (tertiary/aromatic N) is 1. The zero-order valence-electron chi connectivity index (χ0n) is 9.21. The predicted octanol–water partition coefficient (Wildman–Crippen LogP) is 0.606. The van der Waals surface area contributed by atoms with Crippen LogP contribution in [0, 0.1) is 5.41 Å². The molecule has 0 radical (unpaired) electrons. The van der Waals surface area contributed by atoms with Crippen molar-refractivity contribution in [3.8, 4) is 0 Å². The second kappa shape index (κ2) is 4.39. The van der Waals surface area contributed by atoms with Crippen molar-refractivity contribution in [1.29, 1.82) is 0 Å². The molecule has 4 heteroatoms. The SMILES string of the molecule is NC(=NCC1(CO)CC1)NC1CCCC1. The lowest BCUT2D eigenvalue weighted by Gasteiger charge is -2.13. The van der Waals surface area contributed by atoms with Gasteiger partial charge in [0.15, 0.2) is 5.96 Å². The standard InChI is InChI=1S/C11H21N3O/c12-10(14-9-3-1-2-4-9)13-7-11(8-15)5-6-11/h9,15H,1-8H2,(H3,12,13,14). The second-order valence-electron chi connectivity index (χ2n) is 4.99. The number of aliphatic hydroxyl groups is 1. The second-order valence-corrected chi connectivity index (χ2v) is 4.99. The molecule has 4 nitrogen and oxygen atoms in total. The summed E-state index contributed by atoms with van der Waals surface area (Å²) < 4.78 is 0. The van der Waals surface area contributed by atoms with Crippen molar-refractivity contribution in [2.24, 2.45) is 16.1 Å². The molecule has 86 valence electrons. The number of aliphatic imine (C=N–C) groups is 1. The minimum absolute atomic E-state index is 0.0714. The zero-order valence-corrected chi connectivity index (χ0v) is 9.21. The van der Waals surface area contributed by atoms with E-state index in [1.807, 2.05) is 0 Å². The van der Waals surface area contributed by atoms with Crippen LogP contribution in [0.3, 0.4) is 0 Å². The fourth-order valence-corrected chi connectivity index (χ4v) is 2.12. The number of nitrogens with one attached hydrogen (secondary N) is 1. The average molecular weight is 211 g/mol. The Morgan fingerprint density at radius 1 is 1.40 bits per heavy atom. The number of nitrogens with two attached hydrogens (primary N) is 1. The predicted molar refractivity (Wildman–Crippen MR) is 60.6 cm³/mol. The van der Waals surface area contributed by atoms with E-state index in [0.717, 1.165) is 12.8 Å². The van der Waals surface area contributed by atoms with Gasteiger partial charge in [-0.25, -0.2) is 0 Å². The molecular formula is C11H21N3O. The first-order chi connectivity index (χ1) is 7.24. The van der Waals surface area contributed by atoms with E-state index in [0.29, 0.717) is 18.5 Å². The molecule has 0 aromatic heterocycles. The van der Waals surface area contributed by atoms with Crippen molar-refractivity contribution >= 4 is 5.96 Å². The molecular weight excluding hydrogens is 190 g/mol. The lowest BCUT2D eigenvalue weighted by molar-refractivity contribution is 0.217. The summed E-state index contributed by atoms with van der Waals surface area (Å²) in [5.41, 5.74) is 5.87.